The van der Waals surface area contributed by atoms with Crippen LogP contribution >= 0.6 is 11.6 Å². The molecule has 1 N–H and O–H groups in total. The minimum absolute atomic E-state index is 0.0544. The molecule has 0 saturated carbocycles. The highest BCUT2D eigenvalue weighted by molar-refractivity contribution is 6.33. The first-order chi connectivity index (χ1) is 13.2. The van der Waals surface area contributed by atoms with E-state index in [0.29, 0.717) is 12.1 Å². The monoisotopic (exact) mass is 446 g/mol. The zero-order valence-corrected chi connectivity index (χ0v) is 15.1. The molecule has 2 aromatic carbocycles. The van der Waals surface area contributed by atoms with Crippen LogP contribution in [0.5, 0.6) is 0 Å². The summed E-state index contributed by atoms with van der Waals surface area (Å²) in [4.78, 5) is 10.8. The number of carbonyl (C=O) groups is 1. The van der Waals surface area contributed by atoms with Crippen LogP contribution in [0, 0.1) is 11.6 Å². The summed E-state index contributed by atoms with van der Waals surface area (Å²) in [6, 6.07) is 1.59. The first-order valence-corrected chi connectivity index (χ1v) is 8.20. The van der Waals surface area contributed by atoms with Gasteiger partial charge in [-0.2, -0.15) is 26.3 Å². The van der Waals surface area contributed by atoms with Gasteiger partial charge in [-0.15, -0.1) is 0 Å². The highest BCUT2D eigenvalue weighted by atomic mass is 35.5. The van der Waals surface area contributed by atoms with E-state index in [4.69, 9.17) is 11.6 Å². The van der Waals surface area contributed by atoms with Gasteiger partial charge in [-0.1, -0.05) is 30.7 Å². The number of alkyl halides is 6. The van der Waals surface area contributed by atoms with Gasteiger partial charge >= 0.3 is 12.4 Å². The van der Waals surface area contributed by atoms with Gasteiger partial charge in [0.25, 0.3) is 5.60 Å². The first kappa shape index (κ1) is 23.1. The Kier molecular flexibility index (Phi) is 6.02. The molecule has 0 fully saturated rings. The molecular formula is C18H11ClF8O2. The summed E-state index contributed by atoms with van der Waals surface area (Å²) in [5.74, 6) is -2.25. The van der Waals surface area contributed by atoms with Crippen LogP contribution in [0.2, 0.25) is 5.02 Å². The average Bonchev–Trinajstić information content (AvgIpc) is 2.60. The van der Waals surface area contributed by atoms with Crippen molar-refractivity contribution in [1.29, 1.82) is 0 Å². The molecule has 0 radical (unpaired) electrons. The molecule has 2 nitrogen and oxygen atoms in total. The van der Waals surface area contributed by atoms with E-state index in [1.54, 1.807) is 0 Å². The van der Waals surface area contributed by atoms with Crippen molar-refractivity contribution in [3.63, 3.8) is 0 Å². The third-order valence-electron chi connectivity index (χ3n) is 4.30. The van der Waals surface area contributed by atoms with E-state index < -0.39 is 56.9 Å². The van der Waals surface area contributed by atoms with Crippen molar-refractivity contribution in [2.75, 3.05) is 0 Å². The minimum atomic E-state index is -6.13. The summed E-state index contributed by atoms with van der Waals surface area (Å²) < 4.78 is 107. The van der Waals surface area contributed by atoms with Crippen molar-refractivity contribution in [3.8, 4) is 11.1 Å². The van der Waals surface area contributed by atoms with Crippen molar-refractivity contribution in [2.24, 2.45) is 0 Å². The van der Waals surface area contributed by atoms with Gasteiger partial charge in [0.1, 0.15) is 11.6 Å². The molecule has 0 aliphatic rings. The van der Waals surface area contributed by atoms with Gasteiger partial charge in [0, 0.05) is 21.7 Å². The molecule has 0 unspecified atom stereocenters. The van der Waals surface area contributed by atoms with Crippen LogP contribution in [-0.2, 0) is 12.0 Å². The molecule has 0 aliphatic heterocycles. The zero-order valence-electron chi connectivity index (χ0n) is 14.4. The Morgan fingerprint density at radius 2 is 1.59 bits per heavy atom. The topological polar surface area (TPSA) is 37.3 Å². The Hall–Kier alpha value is -2.20. The van der Waals surface area contributed by atoms with Gasteiger partial charge in [0.15, 0.2) is 6.29 Å². The number of benzene rings is 2. The third-order valence-corrected chi connectivity index (χ3v) is 4.61. The molecule has 0 spiro atoms. The maximum atomic E-state index is 14.4. The summed E-state index contributed by atoms with van der Waals surface area (Å²) >= 11 is 5.79. The second-order valence-corrected chi connectivity index (χ2v) is 6.39. The molecule has 0 atom stereocenters. The molecule has 0 bridgehead atoms. The average molecular weight is 447 g/mol. The molecule has 0 saturated heterocycles. The molecule has 29 heavy (non-hydrogen) atoms. The Bertz CT molecular complexity index is 936. The minimum Gasteiger partial charge on any atom is -0.369 e. The highest BCUT2D eigenvalue weighted by Crippen LogP contribution is 2.51. The first-order valence-electron chi connectivity index (χ1n) is 7.82. The van der Waals surface area contributed by atoms with Crippen LogP contribution in [0.15, 0.2) is 24.3 Å². The molecule has 158 valence electrons. The molecule has 2 rings (SSSR count). The van der Waals surface area contributed by atoms with Crippen LogP contribution in [0.1, 0.15) is 28.4 Å². The molecule has 0 heterocycles. The molecular weight excluding hydrogens is 436 g/mol. The van der Waals surface area contributed by atoms with Gasteiger partial charge in [-0.25, -0.2) is 8.78 Å². The number of hydrogen-bond donors (Lipinski definition) is 1. The molecule has 0 aromatic heterocycles. The summed E-state index contributed by atoms with van der Waals surface area (Å²) in [6.07, 6.45) is -12.4. The quantitative estimate of drug-likeness (QED) is 0.464. The molecule has 0 amide bonds. The summed E-state index contributed by atoms with van der Waals surface area (Å²) in [5, 5.41) is 8.64. The summed E-state index contributed by atoms with van der Waals surface area (Å²) in [7, 11) is 0. The smallest absolute Gasteiger partial charge is 0.369 e. The lowest BCUT2D eigenvalue weighted by Crippen LogP contribution is -2.53. The van der Waals surface area contributed by atoms with Gasteiger partial charge in [-0.05, 0) is 24.1 Å². The zero-order chi connectivity index (χ0) is 22.4. The molecule has 0 aliphatic carbocycles. The highest BCUT2D eigenvalue weighted by Gasteiger charge is 2.71. The fraction of sp³-hybridized carbons (Fsp3) is 0.278. The van der Waals surface area contributed by atoms with Crippen LogP contribution in [0.4, 0.5) is 35.1 Å². The molecule has 11 heteroatoms. The van der Waals surface area contributed by atoms with E-state index >= 15 is 0 Å². The standard InChI is InChI=1S/C18H11ClF8O2/c1-2-10-14(13(20)5-8(7-28)15(10)21)11-4-3-9(6-12(11)19)16(29,17(22,23)24)18(25,26)27/h3-7,29H,2H2,1H3. The summed E-state index contributed by atoms with van der Waals surface area (Å²) in [6.45, 7) is 1.39. The normalized spacial score (nSPS) is 12.9. The number of carbonyl (C=O) groups excluding carboxylic acids is 1. The van der Waals surface area contributed by atoms with E-state index in [9.17, 15) is 45.0 Å². The number of rotatable bonds is 4. The van der Waals surface area contributed by atoms with Gasteiger partial charge < -0.3 is 5.11 Å². The van der Waals surface area contributed by atoms with E-state index in [1.807, 2.05) is 0 Å². The number of aldehydes is 1. The van der Waals surface area contributed by atoms with Crippen molar-refractivity contribution in [1.82, 2.24) is 0 Å². The Morgan fingerprint density at radius 3 is 2.00 bits per heavy atom. The predicted octanol–water partition coefficient (Wildman–Crippen LogP) is 5.97. The largest absolute Gasteiger partial charge is 0.430 e. The van der Waals surface area contributed by atoms with Gasteiger partial charge in [-0.3, -0.25) is 4.79 Å². The lowest BCUT2D eigenvalue weighted by Gasteiger charge is -2.33. The van der Waals surface area contributed by atoms with E-state index in [1.165, 1.54) is 6.92 Å². The van der Waals surface area contributed by atoms with E-state index in [-0.39, 0.29) is 30.4 Å². The van der Waals surface area contributed by atoms with Gasteiger partial charge in [0.2, 0.25) is 0 Å². The van der Waals surface area contributed by atoms with Crippen LogP contribution < -0.4 is 0 Å². The number of hydrogen-bond acceptors (Lipinski definition) is 2. The second-order valence-electron chi connectivity index (χ2n) is 5.99. The van der Waals surface area contributed by atoms with Crippen LogP contribution in [-0.4, -0.2) is 23.7 Å². The number of halogens is 9. The van der Waals surface area contributed by atoms with Crippen molar-refractivity contribution in [3.05, 3.63) is 57.6 Å². The second kappa shape index (κ2) is 7.56. The summed E-state index contributed by atoms with van der Waals surface area (Å²) in [5.41, 5.74) is -8.75. The lowest BCUT2D eigenvalue weighted by atomic mass is 9.89. The number of aliphatic hydroxyl groups is 1. The van der Waals surface area contributed by atoms with Crippen molar-refractivity contribution >= 4 is 17.9 Å². The Balaban J connectivity index is 2.77. The molecule has 2 aromatic rings. The lowest BCUT2D eigenvalue weighted by molar-refractivity contribution is -0.376. The third kappa shape index (κ3) is 3.71. The fourth-order valence-electron chi connectivity index (χ4n) is 2.84. The van der Waals surface area contributed by atoms with E-state index in [0.717, 1.165) is 0 Å². The predicted molar refractivity (Wildman–Crippen MR) is 87.6 cm³/mol. The Morgan fingerprint density at radius 1 is 1.03 bits per heavy atom. The van der Waals surface area contributed by atoms with Crippen molar-refractivity contribution < 1.29 is 45.0 Å². The van der Waals surface area contributed by atoms with E-state index in [2.05, 4.69) is 0 Å². The van der Waals surface area contributed by atoms with Crippen molar-refractivity contribution in [2.45, 2.75) is 31.3 Å². The Labute approximate surface area is 163 Å². The maximum absolute atomic E-state index is 14.4. The van der Waals surface area contributed by atoms with Crippen LogP contribution in [0.3, 0.4) is 0 Å². The maximum Gasteiger partial charge on any atom is 0.430 e. The van der Waals surface area contributed by atoms with Gasteiger partial charge in [0.05, 0.1) is 5.56 Å². The van der Waals surface area contributed by atoms with Crippen LogP contribution in [0.25, 0.3) is 11.1 Å². The SMILES string of the molecule is CCc1c(F)c(C=O)cc(F)c1-c1ccc(C(O)(C(F)(F)F)C(F)(F)F)cc1Cl. The fourth-order valence-corrected chi connectivity index (χ4v) is 3.12.